The van der Waals surface area contributed by atoms with Gasteiger partial charge in [0.25, 0.3) is 0 Å². The Morgan fingerprint density at radius 3 is 1.03 bits per heavy atom. The molecule has 2 nitrogen and oxygen atoms in total. The summed E-state index contributed by atoms with van der Waals surface area (Å²) in [5, 5.41) is 2.35. The molecule has 0 aromatic heterocycles. The van der Waals surface area contributed by atoms with Gasteiger partial charge >= 0.3 is 0 Å². The van der Waals surface area contributed by atoms with E-state index in [1.54, 1.807) is 14.2 Å². The average Bonchev–Trinajstić information content (AvgIpc) is 3.33. The summed E-state index contributed by atoms with van der Waals surface area (Å²) in [5.74, 6) is 1.65. The smallest absolute Gasteiger partial charge is 0.126 e. The van der Waals surface area contributed by atoms with Crippen LogP contribution in [0.2, 0.25) is 0 Å². The lowest BCUT2D eigenvalue weighted by atomic mass is 9.83. The Morgan fingerprint density at radius 1 is 0.329 bits per heavy atom. The van der Waals surface area contributed by atoms with Crippen LogP contribution in [0.25, 0.3) is 56.3 Å². The van der Waals surface area contributed by atoms with Crippen LogP contribution in [0.1, 0.15) is 139 Å². The standard InChI is InChI=1S/C68H72O2/c1-65(2,3)53-32-26-45(27-33-53)61(46-28-34-54(35-29-46)66(4,5)6)41-51-24-22-49(43-63(51)69-13)57-38-39-58(60-21-16-15-20-59(57)60)50-23-25-52(64(44-50)70-14)42-62(47-30-36-55(37-31-47)67(7,8)9)48-18-17-19-56(40-48)68(10,11)12/h15-44H,1-14H3/b62-42-. The van der Waals surface area contributed by atoms with Gasteiger partial charge < -0.3 is 9.47 Å². The molecular formula is C68H72O2. The molecule has 70 heavy (non-hydrogen) atoms. The summed E-state index contributed by atoms with van der Waals surface area (Å²) in [6.45, 7) is 27.2. The third-order valence-electron chi connectivity index (χ3n) is 13.8. The second-order valence-corrected chi connectivity index (χ2v) is 23.0. The predicted molar refractivity (Wildman–Crippen MR) is 302 cm³/mol. The molecule has 0 aliphatic heterocycles. The Hall–Kier alpha value is -6.90. The number of hydrogen-bond acceptors (Lipinski definition) is 2. The van der Waals surface area contributed by atoms with E-state index >= 15 is 0 Å². The number of hydrogen-bond donors (Lipinski definition) is 0. The molecule has 2 heteroatoms. The van der Waals surface area contributed by atoms with Crippen LogP contribution in [0.5, 0.6) is 11.5 Å². The molecule has 0 bridgehead atoms. The fraction of sp³-hybridized carbons (Fsp3) is 0.265. The van der Waals surface area contributed by atoms with Gasteiger partial charge in [-0.1, -0.05) is 241 Å². The number of ether oxygens (including phenoxy) is 2. The van der Waals surface area contributed by atoms with Crippen molar-refractivity contribution in [2.45, 2.75) is 105 Å². The maximum absolute atomic E-state index is 6.22. The van der Waals surface area contributed by atoms with Gasteiger partial charge in [-0.2, -0.15) is 0 Å². The summed E-state index contributed by atoms with van der Waals surface area (Å²) >= 11 is 0. The topological polar surface area (TPSA) is 18.5 Å². The van der Waals surface area contributed by atoms with Gasteiger partial charge in [0.05, 0.1) is 14.2 Å². The van der Waals surface area contributed by atoms with Gasteiger partial charge in [0.1, 0.15) is 11.5 Å². The van der Waals surface area contributed by atoms with E-state index in [4.69, 9.17) is 9.47 Å². The van der Waals surface area contributed by atoms with Crippen molar-refractivity contribution in [2.75, 3.05) is 14.2 Å². The number of benzene rings is 8. The molecule has 0 saturated carbocycles. The van der Waals surface area contributed by atoms with Gasteiger partial charge in [-0.25, -0.2) is 0 Å². The van der Waals surface area contributed by atoms with Crippen LogP contribution < -0.4 is 9.47 Å². The first kappa shape index (κ1) is 49.5. The molecule has 8 aromatic carbocycles. The molecule has 0 fully saturated rings. The van der Waals surface area contributed by atoms with Crippen molar-refractivity contribution in [3.63, 3.8) is 0 Å². The fourth-order valence-electron chi connectivity index (χ4n) is 9.38. The SMILES string of the molecule is COc1cc(-c2ccc(-c3ccc(/C=C(/c4ccc(C(C)(C)C)cc4)c4cccc(C(C)(C)C)c4)c(OC)c3)c3ccccc23)ccc1C=C(c1ccc(C(C)(C)C)cc1)c1ccc(C(C)(C)C)cc1. The van der Waals surface area contributed by atoms with Crippen molar-refractivity contribution in [3.8, 4) is 33.8 Å². The average molecular weight is 921 g/mol. The molecule has 0 heterocycles. The van der Waals surface area contributed by atoms with Crippen molar-refractivity contribution in [1.29, 1.82) is 0 Å². The van der Waals surface area contributed by atoms with E-state index in [0.29, 0.717) is 0 Å². The van der Waals surface area contributed by atoms with Crippen molar-refractivity contribution in [2.24, 2.45) is 0 Å². The molecule has 0 radical (unpaired) electrons. The minimum absolute atomic E-state index is 0.0192. The molecule has 356 valence electrons. The second-order valence-electron chi connectivity index (χ2n) is 23.0. The van der Waals surface area contributed by atoms with Gasteiger partial charge in [-0.15, -0.1) is 0 Å². The molecule has 0 unspecified atom stereocenters. The fourth-order valence-corrected chi connectivity index (χ4v) is 9.38. The predicted octanol–water partition coefficient (Wildman–Crippen LogP) is 18.6. The van der Waals surface area contributed by atoms with E-state index in [-0.39, 0.29) is 21.7 Å². The highest BCUT2D eigenvalue weighted by molar-refractivity contribution is 6.05. The highest BCUT2D eigenvalue weighted by Crippen LogP contribution is 2.41. The van der Waals surface area contributed by atoms with Gasteiger partial charge in [-0.3, -0.25) is 0 Å². The summed E-state index contributed by atoms with van der Waals surface area (Å²) in [6, 6.07) is 62.6. The van der Waals surface area contributed by atoms with Gasteiger partial charge in [0.2, 0.25) is 0 Å². The Bertz CT molecular complexity index is 3140. The lowest BCUT2D eigenvalue weighted by molar-refractivity contribution is 0.414. The molecule has 0 saturated heterocycles. The summed E-state index contributed by atoms with van der Waals surface area (Å²) in [4.78, 5) is 0. The minimum Gasteiger partial charge on any atom is -0.496 e. The summed E-state index contributed by atoms with van der Waals surface area (Å²) in [7, 11) is 3.55. The molecule has 0 amide bonds. The van der Waals surface area contributed by atoms with Crippen LogP contribution in [0, 0.1) is 0 Å². The van der Waals surface area contributed by atoms with E-state index < -0.39 is 0 Å². The van der Waals surface area contributed by atoms with Gasteiger partial charge in [0.15, 0.2) is 0 Å². The zero-order chi connectivity index (χ0) is 50.2. The molecule has 8 aromatic rings. The number of rotatable bonds is 10. The molecule has 0 spiro atoms. The highest BCUT2D eigenvalue weighted by atomic mass is 16.5. The molecular weight excluding hydrogens is 849 g/mol. The van der Waals surface area contributed by atoms with E-state index in [9.17, 15) is 0 Å². The Kier molecular flexibility index (Phi) is 13.8. The maximum atomic E-state index is 6.22. The lowest BCUT2D eigenvalue weighted by Crippen LogP contribution is -2.11. The van der Waals surface area contributed by atoms with Crippen LogP contribution in [0.3, 0.4) is 0 Å². The molecule has 0 aliphatic carbocycles. The first-order valence-corrected chi connectivity index (χ1v) is 24.9. The van der Waals surface area contributed by atoms with Crippen molar-refractivity contribution >= 4 is 34.1 Å². The van der Waals surface area contributed by atoms with Crippen molar-refractivity contribution in [3.05, 3.63) is 225 Å². The quantitative estimate of drug-likeness (QED) is 0.127. The zero-order valence-corrected chi connectivity index (χ0v) is 44.1. The minimum atomic E-state index is 0.0192. The van der Waals surface area contributed by atoms with E-state index in [2.05, 4.69) is 265 Å². The monoisotopic (exact) mass is 921 g/mol. The van der Waals surface area contributed by atoms with Crippen LogP contribution in [-0.4, -0.2) is 14.2 Å². The second kappa shape index (κ2) is 19.5. The Balaban J connectivity index is 1.18. The van der Waals surface area contributed by atoms with Crippen molar-refractivity contribution < 1.29 is 9.47 Å². The first-order valence-electron chi connectivity index (χ1n) is 24.9. The van der Waals surface area contributed by atoms with Crippen LogP contribution in [-0.2, 0) is 21.7 Å². The Labute approximate surface area is 419 Å². The van der Waals surface area contributed by atoms with Crippen molar-refractivity contribution in [1.82, 2.24) is 0 Å². The van der Waals surface area contributed by atoms with Crippen LogP contribution in [0.4, 0.5) is 0 Å². The van der Waals surface area contributed by atoms with Crippen LogP contribution in [0.15, 0.2) is 170 Å². The lowest BCUT2D eigenvalue weighted by Gasteiger charge is -2.22. The number of fused-ring (bicyclic) bond motifs is 1. The Morgan fingerprint density at radius 2 is 0.686 bits per heavy atom. The van der Waals surface area contributed by atoms with Gasteiger partial charge in [0, 0.05) is 11.1 Å². The molecule has 0 aliphatic rings. The molecule has 0 atom stereocenters. The number of methoxy groups -OCH3 is 2. The van der Waals surface area contributed by atoms with E-state index in [1.165, 1.54) is 55.3 Å². The van der Waals surface area contributed by atoms with E-state index in [0.717, 1.165) is 56.0 Å². The highest BCUT2D eigenvalue weighted by Gasteiger charge is 2.21. The largest absolute Gasteiger partial charge is 0.496 e. The molecule has 8 rings (SSSR count). The third-order valence-corrected chi connectivity index (χ3v) is 13.8. The summed E-state index contributed by atoms with van der Waals surface area (Å²) in [6.07, 6.45) is 4.57. The normalized spacial score (nSPS) is 12.5. The first-order chi connectivity index (χ1) is 33.1. The van der Waals surface area contributed by atoms with Gasteiger partial charge in [-0.05, 0) is 135 Å². The van der Waals surface area contributed by atoms with Crippen LogP contribution >= 0.6 is 0 Å². The summed E-state index contributed by atoms with van der Waals surface area (Å²) in [5.41, 5.74) is 19.0. The third kappa shape index (κ3) is 10.8. The maximum Gasteiger partial charge on any atom is 0.126 e. The molecule has 0 N–H and O–H groups in total. The van der Waals surface area contributed by atoms with E-state index in [1.807, 2.05) is 0 Å². The zero-order valence-electron chi connectivity index (χ0n) is 44.1. The summed E-state index contributed by atoms with van der Waals surface area (Å²) < 4.78 is 12.4.